The van der Waals surface area contributed by atoms with Crippen molar-refractivity contribution < 1.29 is 9.63 Å². The molecule has 4 nitrogen and oxygen atoms in total. The second-order valence-corrected chi connectivity index (χ2v) is 4.89. The second kappa shape index (κ2) is 7.31. The summed E-state index contributed by atoms with van der Waals surface area (Å²) in [5, 5.41) is 0. The van der Waals surface area contributed by atoms with E-state index < -0.39 is 0 Å². The molecule has 0 aliphatic carbocycles. The van der Waals surface area contributed by atoms with Crippen LogP contribution in [0.3, 0.4) is 0 Å². The third-order valence-electron chi connectivity index (χ3n) is 3.16. The molecule has 0 aliphatic heterocycles. The highest BCUT2D eigenvalue weighted by atomic mass is 35.5. The van der Waals surface area contributed by atoms with Gasteiger partial charge in [-0.2, -0.15) is 0 Å². The molecule has 0 unspecified atom stereocenters. The molecule has 5 heteroatoms. The Labute approximate surface area is 125 Å². The number of halogens is 1. The maximum Gasteiger partial charge on any atom is 0.246 e. The largest absolute Gasteiger partial charge is 0.282 e. The zero-order chi connectivity index (χ0) is 15.3. The van der Waals surface area contributed by atoms with E-state index in [0.717, 1.165) is 28.2 Å². The van der Waals surface area contributed by atoms with Crippen molar-refractivity contribution >= 4 is 23.2 Å². The molecule has 0 heterocycles. The number of anilines is 1. The number of aryl methyl sites for hydroxylation is 2. The first-order valence-corrected chi connectivity index (χ1v) is 6.89. The Balaban J connectivity index is 3.41. The first kappa shape index (κ1) is 16.5. The molecule has 0 aliphatic rings. The summed E-state index contributed by atoms with van der Waals surface area (Å²) in [4.78, 5) is 18.8. The smallest absolute Gasteiger partial charge is 0.246 e. The predicted octanol–water partition coefficient (Wildman–Crippen LogP) is 3.28. The van der Waals surface area contributed by atoms with E-state index in [1.54, 1.807) is 4.90 Å². The minimum absolute atomic E-state index is 0.0780. The van der Waals surface area contributed by atoms with Crippen molar-refractivity contribution in [3.63, 3.8) is 0 Å². The number of benzene rings is 1. The van der Waals surface area contributed by atoms with E-state index in [2.05, 4.69) is 5.48 Å². The van der Waals surface area contributed by atoms with Crippen LogP contribution in [-0.2, 0) is 9.63 Å². The van der Waals surface area contributed by atoms with E-state index >= 15 is 0 Å². The number of carbonyl (C=O) groups excluding carboxylic acids is 1. The quantitative estimate of drug-likeness (QED) is 0.670. The molecule has 1 aromatic rings. The minimum Gasteiger partial charge on any atom is -0.282 e. The first-order valence-electron chi connectivity index (χ1n) is 6.35. The lowest BCUT2D eigenvalue weighted by atomic mass is 10.1. The number of nitrogens with one attached hydrogen (secondary N) is 1. The molecule has 0 atom stereocenters. The van der Waals surface area contributed by atoms with Crippen molar-refractivity contribution in [2.24, 2.45) is 0 Å². The Morgan fingerprint density at radius 3 is 2.30 bits per heavy atom. The van der Waals surface area contributed by atoms with Crippen molar-refractivity contribution in [3.8, 4) is 0 Å². The Hall–Kier alpha value is -1.52. The highest BCUT2D eigenvalue weighted by Crippen LogP contribution is 2.28. The average Bonchev–Trinajstić information content (AvgIpc) is 2.42. The standard InChI is InChI=1S/C15H21ClN2O2/c1-10-7-6-8-11(2)15(10)18(14(19)9-16)13(4)12(3)17-20-5/h6-8,17H,9H2,1-5H3. The number of allylic oxidation sites excluding steroid dienone is 2. The number of rotatable bonds is 5. The van der Waals surface area contributed by atoms with Crippen molar-refractivity contribution in [2.75, 3.05) is 17.9 Å². The van der Waals surface area contributed by atoms with Crippen LogP contribution in [0.15, 0.2) is 29.6 Å². The molecule has 0 bridgehead atoms. The summed E-state index contributed by atoms with van der Waals surface area (Å²) in [7, 11) is 1.53. The maximum absolute atomic E-state index is 12.3. The third kappa shape index (κ3) is 3.52. The molecule has 110 valence electrons. The zero-order valence-electron chi connectivity index (χ0n) is 12.6. The molecular formula is C15H21ClN2O2. The molecule has 0 aromatic heterocycles. The molecule has 1 aromatic carbocycles. The summed E-state index contributed by atoms with van der Waals surface area (Å²) in [6.45, 7) is 7.66. The maximum atomic E-state index is 12.3. The fourth-order valence-corrected chi connectivity index (χ4v) is 2.21. The number of amides is 1. The Morgan fingerprint density at radius 1 is 1.30 bits per heavy atom. The van der Waals surface area contributed by atoms with Gasteiger partial charge < -0.3 is 0 Å². The summed E-state index contributed by atoms with van der Waals surface area (Å²) in [5.74, 6) is -0.246. The van der Waals surface area contributed by atoms with Gasteiger partial charge in [-0.1, -0.05) is 18.2 Å². The van der Waals surface area contributed by atoms with Crippen LogP contribution in [-0.4, -0.2) is 18.9 Å². The van der Waals surface area contributed by atoms with E-state index in [1.165, 1.54) is 7.11 Å². The molecule has 1 rings (SSSR count). The van der Waals surface area contributed by atoms with Gasteiger partial charge in [-0.25, -0.2) is 0 Å². The van der Waals surface area contributed by atoms with Crippen LogP contribution < -0.4 is 10.4 Å². The number of para-hydroxylation sites is 1. The van der Waals surface area contributed by atoms with Crippen LogP contribution in [0.2, 0.25) is 0 Å². The molecule has 0 saturated carbocycles. The number of carbonyl (C=O) groups is 1. The summed E-state index contributed by atoms with van der Waals surface area (Å²) >= 11 is 5.76. The van der Waals surface area contributed by atoms with Crippen molar-refractivity contribution in [3.05, 3.63) is 40.7 Å². The lowest BCUT2D eigenvalue weighted by Crippen LogP contribution is -2.33. The third-order valence-corrected chi connectivity index (χ3v) is 3.39. The van der Waals surface area contributed by atoms with Gasteiger partial charge in [0, 0.05) is 5.70 Å². The highest BCUT2D eigenvalue weighted by molar-refractivity contribution is 6.29. The predicted molar refractivity (Wildman–Crippen MR) is 82.6 cm³/mol. The van der Waals surface area contributed by atoms with E-state index in [4.69, 9.17) is 16.4 Å². The molecule has 20 heavy (non-hydrogen) atoms. The topological polar surface area (TPSA) is 41.6 Å². The normalized spacial score (nSPS) is 11.9. The highest BCUT2D eigenvalue weighted by Gasteiger charge is 2.21. The number of hydroxylamine groups is 1. The van der Waals surface area contributed by atoms with Crippen LogP contribution in [0.1, 0.15) is 25.0 Å². The number of hydrogen-bond acceptors (Lipinski definition) is 3. The Morgan fingerprint density at radius 2 is 1.85 bits per heavy atom. The molecule has 0 radical (unpaired) electrons. The molecule has 0 fully saturated rings. The van der Waals surface area contributed by atoms with E-state index in [9.17, 15) is 4.79 Å². The second-order valence-electron chi connectivity index (χ2n) is 4.62. The first-order chi connectivity index (χ1) is 9.43. The van der Waals surface area contributed by atoms with Crippen molar-refractivity contribution in [2.45, 2.75) is 27.7 Å². The monoisotopic (exact) mass is 296 g/mol. The average molecular weight is 297 g/mol. The van der Waals surface area contributed by atoms with Crippen LogP contribution in [0.5, 0.6) is 0 Å². The molecule has 0 saturated heterocycles. The number of nitrogens with zero attached hydrogens (tertiary/aromatic N) is 1. The van der Waals surface area contributed by atoms with Gasteiger partial charge in [0.05, 0.1) is 18.5 Å². The van der Waals surface area contributed by atoms with E-state index in [0.29, 0.717) is 0 Å². The number of hydrogen-bond donors (Lipinski definition) is 1. The summed E-state index contributed by atoms with van der Waals surface area (Å²) in [6.07, 6.45) is 0. The van der Waals surface area contributed by atoms with Crippen molar-refractivity contribution in [1.29, 1.82) is 0 Å². The van der Waals surface area contributed by atoms with Gasteiger partial charge in [0.15, 0.2) is 0 Å². The zero-order valence-corrected chi connectivity index (χ0v) is 13.3. The van der Waals surface area contributed by atoms with Gasteiger partial charge in [-0.3, -0.25) is 20.0 Å². The van der Waals surface area contributed by atoms with Crippen LogP contribution in [0.25, 0.3) is 0 Å². The van der Waals surface area contributed by atoms with Crippen LogP contribution in [0.4, 0.5) is 5.69 Å². The van der Waals surface area contributed by atoms with E-state index in [1.807, 2.05) is 45.9 Å². The molecule has 0 spiro atoms. The van der Waals surface area contributed by atoms with Gasteiger partial charge in [0.25, 0.3) is 0 Å². The van der Waals surface area contributed by atoms with Crippen LogP contribution >= 0.6 is 11.6 Å². The molecular weight excluding hydrogens is 276 g/mol. The lowest BCUT2D eigenvalue weighted by Gasteiger charge is -2.27. The fourth-order valence-electron chi connectivity index (χ4n) is 2.09. The Kier molecular flexibility index (Phi) is 6.05. The molecule has 1 amide bonds. The number of alkyl halides is 1. The van der Waals surface area contributed by atoms with Crippen molar-refractivity contribution in [1.82, 2.24) is 5.48 Å². The lowest BCUT2D eigenvalue weighted by molar-refractivity contribution is -0.115. The van der Waals surface area contributed by atoms with Crippen LogP contribution in [0, 0.1) is 13.8 Å². The van der Waals surface area contributed by atoms with Gasteiger partial charge >= 0.3 is 0 Å². The van der Waals surface area contributed by atoms with E-state index in [-0.39, 0.29) is 11.8 Å². The van der Waals surface area contributed by atoms with Gasteiger partial charge in [0.2, 0.25) is 5.91 Å². The van der Waals surface area contributed by atoms with Gasteiger partial charge in [-0.05, 0) is 38.8 Å². The van der Waals surface area contributed by atoms with Gasteiger partial charge in [-0.15, -0.1) is 11.6 Å². The fraction of sp³-hybridized carbons (Fsp3) is 0.400. The summed E-state index contributed by atoms with van der Waals surface area (Å²) < 4.78 is 0. The summed E-state index contributed by atoms with van der Waals surface area (Å²) in [6, 6.07) is 5.92. The molecule has 1 N–H and O–H groups in total. The minimum atomic E-state index is -0.168. The Bertz CT molecular complexity index is 506. The SMILES string of the molecule is CONC(C)=C(C)N(C(=O)CCl)c1c(C)cccc1C. The summed E-state index contributed by atoms with van der Waals surface area (Å²) in [5.41, 5.74) is 7.18. The van der Waals surface area contributed by atoms with Gasteiger partial charge in [0.1, 0.15) is 5.88 Å².